The lowest BCUT2D eigenvalue weighted by Crippen LogP contribution is -2.29. The Morgan fingerprint density at radius 2 is 1.71 bits per heavy atom. The van der Waals surface area contributed by atoms with Crippen LogP contribution in [0.5, 0.6) is 0 Å². The zero-order valence-corrected chi connectivity index (χ0v) is 20.4. The number of carbonyl (C=O) groups excluding carboxylic acids is 2. The molecule has 0 aliphatic heterocycles. The van der Waals surface area contributed by atoms with Gasteiger partial charge in [0.15, 0.2) is 0 Å². The molecule has 35 heavy (non-hydrogen) atoms. The molecule has 2 unspecified atom stereocenters. The average Bonchev–Trinajstić information content (AvgIpc) is 3.34. The summed E-state index contributed by atoms with van der Waals surface area (Å²) in [5.41, 5.74) is 7.22. The van der Waals surface area contributed by atoms with E-state index in [2.05, 4.69) is 15.0 Å². The zero-order chi connectivity index (χ0) is 24.6. The Morgan fingerprint density at radius 1 is 1.00 bits per heavy atom. The smallest absolute Gasteiger partial charge is 0.431 e. The standard InChI is InChI=1S/C26H36N4O5/c1-17(34-26(32)35-20-10-6-3-7-11-20)33-25(31)21(14-18-12-13-23(27)28-15-18)22-16-29-24(30-22)19-8-4-2-5-9-19/h12-13,15-17,19-21H,2-11,14H2,1H3,(H2,27,28)(H,29,30). The van der Waals surface area contributed by atoms with Gasteiger partial charge in [-0.3, -0.25) is 4.79 Å². The Morgan fingerprint density at radius 3 is 2.40 bits per heavy atom. The third-order valence-electron chi connectivity index (χ3n) is 6.91. The van der Waals surface area contributed by atoms with E-state index in [1.165, 1.54) is 26.2 Å². The van der Waals surface area contributed by atoms with Gasteiger partial charge in [0.05, 0.1) is 0 Å². The first-order valence-electron chi connectivity index (χ1n) is 12.8. The summed E-state index contributed by atoms with van der Waals surface area (Å²) >= 11 is 0. The number of nitrogens with zero attached hydrogens (tertiary/aromatic N) is 2. The molecule has 0 saturated heterocycles. The summed E-state index contributed by atoms with van der Waals surface area (Å²) in [6, 6.07) is 3.54. The number of esters is 1. The van der Waals surface area contributed by atoms with Crippen molar-refractivity contribution in [3.05, 3.63) is 41.6 Å². The number of anilines is 1. The molecule has 3 N–H and O–H groups in total. The van der Waals surface area contributed by atoms with Crippen molar-refractivity contribution in [2.45, 2.75) is 102 Å². The molecule has 0 aromatic carbocycles. The molecular formula is C26H36N4O5. The van der Waals surface area contributed by atoms with Gasteiger partial charge in [0.25, 0.3) is 0 Å². The van der Waals surface area contributed by atoms with Crippen molar-refractivity contribution in [3.8, 4) is 0 Å². The normalized spacial score (nSPS) is 19.0. The summed E-state index contributed by atoms with van der Waals surface area (Å²) in [4.78, 5) is 37.5. The van der Waals surface area contributed by atoms with Gasteiger partial charge in [-0.15, -0.1) is 0 Å². The Hall–Kier alpha value is -3.10. The lowest BCUT2D eigenvalue weighted by Gasteiger charge is -2.23. The topological polar surface area (TPSA) is 129 Å². The van der Waals surface area contributed by atoms with E-state index < -0.39 is 24.3 Å². The second-order valence-electron chi connectivity index (χ2n) is 9.66. The SMILES string of the molecule is CC(OC(=O)OC1CCCCC1)OC(=O)C(Cc1ccc(N)nc1)c1cnc(C2CCCCC2)[nH]1. The van der Waals surface area contributed by atoms with Crippen LogP contribution >= 0.6 is 0 Å². The third kappa shape index (κ3) is 7.19. The Kier molecular flexibility index (Phi) is 8.60. The fourth-order valence-electron chi connectivity index (χ4n) is 4.98. The molecule has 2 aliphatic rings. The number of hydrogen-bond acceptors (Lipinski definition) is 8. The zero-order valence-electron chi connectivity index (χ0n) is 20.4. The van der Waals surface area contributed by atoms with Crippen molar-refractivity contribution in [1.82, 2.24) is 15.0 Å². The molecule has 2 aromatic heterocycles. The van der Waals surface area contributed by atoms with Gasteiger partial charge in [0.1, 0.15) is 23.7 Å². The van der Waals surface area contributed by atoms with E-state index in [0.29, 0.717) is 23.9 Å². The second kappa shape index (κ2) is 12.0. The van der Waals surface area contributed by atoms with Gasteiger partial charge in [0.2, 0.25) is 6.29 Å². The molecule has 9 heteroatoms. The first-order valence-corrected chi connectivity index (χ1v) is 12.8. The van der Waals surface area contributed by atoms with Crippen LogP contribution in [0.1, 0.15) is 100 Å². The minimum atomic E-state index is -1.08. The number of nitrogens with one attached hydrogen (secondary N) is 1. The minimum absolute atomic E-state index is 0.131. The molecular weight excluding hydrogens is 448 g/mol. The number of imidazole rings is 1. The molecule has 0 amide bonds. The summed E-state index contributed by atoms with van der Waals surface area (Å²) < 4.78 is 16.1. The quantitative estimate of drug-likeness (QED) is 0.389. The van der Waals surface area contributed by atoms with Crippen LogP contribution in [0.15, 0.2) is 24.5 Å². The number of carbonyl (C=O) groups is 2. The maximum atomic E-state index is 13.2. The van der Waals surface area contributed by atoms with E-state index in [1.807, 2.05) is 6.07 Å². The van der Waals surface area contributed by atoms with Crippen LogP contribution in [-0.4, -0.2) is 39.5 Å². The minimum Gasteiger partial charge on any atom is -0.431 e. The molecule has 2 heterocycles. The largest absolute Gasteiger partial charge is 0.511 e. The summed E-state index contributed by atoms with van der Waals surface area (Å²) in [6.07, 6.45) is 12.4. The molecule has 0 bridgehead atoms. The summed E-state index contributed by atoms with van der Waals surface area (Å²) in [7, 11) is 0. The molecule has 2 aliphatic carbocycles. The van der Waals surface area contributed by atoms with Gasteiger partial charge in [-0.05, 0) is 56.6 Å². The molecule has 2 saturated carbocycles. The van der Waals surface area contributed by atoms with Crippen LogP contribution in [-0.2, 0) is 25.4 Å². The lowest BCUT2D eigenvalue weighted by molar-refractivity contribution is -0.171. The number of ether oxygens (including phenoxy) is 3. The number of rotatable bonds is 8. The molecule has 190 valence electrons. The Balaban J connectivity index is 1.41. The Labute approximate surface area is 206 Å². The van der Waals surface area contributed by atoms with Gasteiger partial charge >= 0.3 is 12.1 Å². The predicted octanol–water partition coefficient (Wildman–Crippen LogP) is 5.14. The van der Waals surface area contributed by atoms with E-state index in [1.54, 1.807) is 18.5 Å². The maximum Gasteiger partial charge on any atom is 0.511 e. The lowest BCUT2D eigenvalue weighted by atomic mass is 9.89. The fourth-order valence-corrected chi connectivity index (χ4v) is 4.98. The third-order valence-corrected chi connectivity index (χ3v) is 6.91. The molecule has 2 aromatic rings. The van der Waals surface area contributed by atoms with Gasteiger partial charge in [-0.2, -0.15) is 0 Å². The van der Waals surface area contributed by atoms with Crippen LogP contribution in [0.3, 0.4) is 0 Å². The van der Waals surface area contributed by atoms with Crippen LogP contribution < -0.4 is 5.73 Å². The monoisotopic (exact) mass is 484 g/mol. The van der Waals surface area contributed by atoms with Crippen molar-refractivity contribution >= 4 is 17.9 Å². The molecule has 2 atom stereocenters. The second-order valence-corrected chi connectivity index (χ2v) is 9.66. The van der Waals surface area contributed by atoms with E-state index >= 15 is 0 Å². The first kappa shape index (κ1) is 25.0. The van der Waals surface area contributed by atoms with Gasteiger partial charge < -0.3 is 24.9 Å². The molecule has 2 fully saturated rings. The van der Waals surface area contributed by atoms with Crippen molar-refractivity contribution in [1.29, 1.82) is 0 Å². The molecule has 4 rings (SSSR count). The number of nitrogen functional groups attached to an aromatic ring is 1. The highest BCUT2D eigenvalue weighted by Crippen LogP contribution is 2.32. The van der Waals surface area contributed by atoms with E-state index in [9.17, 15) is 9.59 Å². The van der Waals surface area contributed by atoms with Gasteiger partial charge in [0, 0.05) is 30.9 Å². The highest BCUT2D eigenvalue weighted by atomic mass is 16.8. The Bertz CT molecular complexity index is 964. The molecule has 9 nitrogen and oxygen atoms in total. The van der Waals surface area contributed by atoms with Gasteiger partial charge in [-0.25, -0.2) is 14.8 Å². The van der Waals surface area contributed by atoms with Crippen molar-refractivity contribution in [2.24, 2.45) is 0 Å². The highest BCUT2D eigenvalue weighted by molar-refractivity contribution is 5.78. The maximum absolute atomic E-state index is 13.2. The predicted molar refractivity (Wildman–Crippen MR) is 130 cm³/mol. The average molecular weight is 485 g/mol. The van der Waals surface area contributed by atoms with Gasteiger partial charge in [-0.1, -0.05) is 31.7 Å². The fraction of sp³-hybridized carbons (Fsp3) is 0.615. The van der Waals surface area contributed by atoms with Crippen LogP contribution in [0, 0.1) is 0 Å². The summed E-state index contributed by atoms with van der Waals surface area (Å²) in [5, 5.41) is 0. The van der Waals surface area contributed by atoms with Crippen molar-refractivity contribution in [3.63, 3.8) is 0 Å². The van der Waals surface area contributed by atoms with Crippen molar-refractivity contribution in [2.75, 3.05) is 5.73 Å². The van der Waals surface area contributed by atoms with Crippen molar-refractivity contribution < 1.29 is 23.8 Å². The summed E-state index contributed by atoms with van der Waals surface area (Å²) in [6.45, 7) is 1.52. The van der Waals surface area contributed by atoms with E-state index in [4.69, 9.17) is 19.9 Å². The van der Waals surface area contributed by atoms with Crippen LogP contribution in [0.2, 0.25) is 0 Å². The van der Waals surface area contributed by atoms with Crippen LogP contribution in [0.4, 0.5) is 10.6 Å². The summed E-state index contributed by atoms with van der Waals surface area (Å²) in [5.74, 6) is 0.522. The number of pyridine rings is 1. The highest BCUT2D eigenvalue weighted by Gasteiger charge is 2.29. The number of aromatic amines is 1. The first-order chi connectivity index (χ1) is 17.0. The van der Waals surface area contributed by atoms with E-state index in [0.717, 1.165) is 56.3 Å². The van der Waals surface area contributed by atoms with E-state index in [-0.39, 0.29) is 6.10 Å². The number of nitrogens with two attached hydrogens (primary N) is 1. The molecule has 0 spiro atoms. The number of hydrogen-bond donors (Lipinski definition) is 2. The van der Waals surface area contributed by atoms with Crippen LogP contribution in [0.25, 0.3) is 0 Å². The number of aromatic nitrogens is 3. The number of H-pyrrole nitrogens is 1. The molecule has 0 radical (unpaired) electrons.